The molecule has 0 bridgehead atoms. The van der Waals surface area contributed by atoms with Gasteiger partial charge in [0, 0.05) is 60.6 Å². The fraction of sp³-hybridized carbons (Fsp3) is 0.185. The number of hydrogen-bond acceptors (Lipinski definition) is 5. The number of aryl methyl sites for hydroxylation is 1. The van der Waals surface area contributed by atoms with Crippen molar-refractivity contribution in [2.45, 2.75) is 18.4 Å². The summed E-state index contributed by atoms with van der Waals surface area (Å²) in [5.41, 5.74) is 4.85. The first-order valence-electron chi connectivity index (χ1n) is 11.7. The van der Waals surface area contributed by atoms with Gasteiger partial charge in [0.25, 0.3) is 11.8 Å². The van der Waals surface area contributed by atoms with Crippen LogP contribution in [0.15, 0.2) is 73.2 Å². The second-order valence-electron chi connectivity index (χ2n) is 9.21. The first kappa shape index (κ1) is 22.8. The van der Waals surface area contributed by atoms with Crippen molar-refractivity contribution >= 4 is 28.3 Å². The highest BCUT2D eigenvalue weighted by atomic mass is 19.3. The highest BCUT2D eigenvalue weighted by molar-refractivity contribution is 5.99. The van der Waals surface area contributed by atoms with Crippen LogP contribution in [0.4, 0.5) is 20.3 Å². The Morgan fingerprint density at radius 2 is 1.86 bits per heavy atom. The molecule has 1 fully saturated rings. The third-order valence-corrected chi connectivity index (χ3v) is 6.75. The van der Waals surface area contributed by atoms with Crippen molar-refractivity contribution in [2.24, 2.45) is 7.05 Å². The van der Waals surface area contributed by atoms with Crippen molar-refractivity contribution in [3.63, 3.8) is 0 Å². The van der Waals surface area contributed by atoms with E-state index in [9.17, 15) is 13.6 Å². The zero-order valence-corrected chi connectivity index (χ0v) is 20.1. The van der Waals surface area contributed by atoms with E-state index in [1.54, 1.807) is 36.1 Å². The number of nitrogens with zero attached hydrogens (tertiary/aromatic N) is 5. The Morgan fingerprint density at radius 1 is 1.11 bits per heavy atom. The topological polar surface area (TPSA) is 91.7 Å². The molecule has 1 saturated carbocycles. The highest BCUT2D eigenvalue weighted by Crippen LogP contribution is 2.45. The van der Waals surface area contributed by atoms with Gasteiger partial charge in [-0.1, -0.05) is 24.3 Å². The molecule has 1 atom stereocenters. The number of carbonyl (C=O) groups is 1. The van der Waals surface area contributed by atoms with E-state index in [4.69, 9.17) is 0 Å². The third-order valence-electron chi connectivity index (χ3n) is 6.75. The number of aromatic amines is 1. The van der Waals surface area contributed by atoms with Crippen molar-refractivity contribution in [2.75, 3.05) is 12.4 Å². The highest BCUT2D eigenvalue weighted by Gasteiger charge is 2.60. The Kier molecular flexibility index (Phi) is 5.25. The Labute approximate surface area is 211 Å². The maximum atomic E-state index is 13.5. The molecular weight excluding hydrogens is 476 g/mol. The van der Waals surface area contributed by atoms with E-state index in [-0.39, 0.29) is 6.42 Å². The van der Waals surface area contributed by atoms with Gasteiger partial charge in [-0.2, -0.15) is 5.10 Å². The van der Waals surface area contributed by atoms with Crippen molar-refractivity contribution in [3.05, 3.63) is 78.9 Å². The Morgan fingerprint density at radius 3 is 2.57 bits per heavy atom. The summed E-state index contributed by atoms with van der Waals surface area (Å²) < 4.78 is 28.7. The average molecular weight is 500 g/mol. The SMILES string of the molecule is CN(C(=O)c1cc2ccc(-c3nccc(Nc4ccc(-c5cn[nH]c5)cc4)n3)cc2n1C)C1CC1(F)F. The third kappa shape index (κ3) is 4.20. The van der Waals surface area contributed by atoms with Gasteiger partial charge in [-0.25, -0.2) is 18.7 Å². The molecule has 0 radical (unpaired) electrons. The molecule has 1 amide bonds. The van der Waals surface area contributed by atoms with Gasteiger partial charge < -0.3 is 14.8 Å². The minimum Gasteiger partial charge on any atom is -0.340 e. The summed E-state index contributed by atoms with van der Waals surface area (Å²) in [4.78, 5) is 23.1. The van der Waals surface area contributed by atoms with Crippen LogP contribution in [-0.4, -0.2) is 54.6 Å². The minimum absolute atomic E-state index is 0.292. The summed E-state index contributed by atoms with van der Waals surface area (Å²) in [6, 6.07) is 16.1. The number of amides is 1. The number of alkyl halides is 2. The molecule has 2 N–H and O–H groups in total. The number of aromatic nitrogens is 5. The number of fused-ring (bicyclic) bond motifs is 1. The van der Waals surface area contributed by atoms with Gasteiger partial charge in [0.2, 0.25) is 0 Å². The molecule has 37 heavy (non-hydrogen) atoms. The molecule has 1 unspecified atom stereocenters. The van der Waals surface area contributed by atoms with Gasteiger partial charge in [-0.3, -0.25) is 9.89 Å². The van der Waals surface area contributed by atoms with Crippen LogP contribution in [0.5, 0.6) is 0 Å². The molecule has 5 aromatic rings. The molecule has 3 aromatic heterocycles. The van der Waals surface area contributed by atoms with E-state index in [0.29, 0.717) is 17.3 Å². The Hall–Kier alpha value is -4.60. The summed E-state index contributed by atoms with van der Waals surface area (Å²) in [7, 11) is 3.18. The molecule has 186 valence electrons. The average Bonchev–Trinajstić information content (AvgIpc) is 3.23. The monoisotopic (exact) mass is 499 g/mol. The largest absolute Gasteiger partial charge is 0.340 e. The van der Waals surface area contributed by atoms with Crippen LogP contribution in [0, 0.1) is 0 Å². The molecule has 0 spiro atoms. The predicted octanol–water partition coefficient (Wildman–Crippen LogP) is 5.25. The first-order valence-corrected chi connectivity index (χ1v) is 11.7. The molecule has 0 saturated heterocycles. The van der Waals surface area contributed by atoms with Gasteiger partial charge in [0.1, 0.15) is 17.6 Å². The number of H-pyrrole nitrogens is 1. The Bertz CT molecular complexity index is 1610. The maximum Gasteiger partial charge on any atom is 0.270 e. The summed E-state index contributed by atoms with van der Waals surface area (Å²) in [6.45, 7) is 0. The van der Waals surface area contributed by atoms with Crippen molar-refractivity contribution in [3.8, 4) is 22.5 Å². The van der Waals surface area contributed by atoms with E-state index in [0.717, 1.165) is 38.2 Å². The van der Waals surface area contributed by atoms with Crippen LogP contribution in [0.2, 0.25) is 0 Å². The first-order chi connectivity index (χ1) is 17.8. The number of anilines is 2. The van der Waals surface area contributed by atoms with E-state index in [1.165, 1.54) is 7.05 Å². The minimum atomic E-state index is -2.81. The molecule has 3 heterocycles. The molecule has 10 heteroatoms. The second kappa shape index (κ2) is 8.51. The van der Waals surface area contributed by atoms with Crippen molar-refractivity contribution in [1.82, 2.24) is 29.6 Å². The summed E-state index contributed by atoms with van der Waals surface area (Å²) >= 11 is 0. The van der Waals surface area contributed by atoms with Crippen molar-refractivity contribution in [1.29, 1.82) is 0 Å². The molecular formula is C27H23F2N7O. The molecule has 2 aromatic carbocycles. The maximum absolute atomic E-state index is 13.5. The standard InChI is InChI=1S/C27H23F2N7O/c1-35-21-12-18(4-3-17(21)11-22(35)26(37)36(2)23-13-27(23,28)29)25-30-10-9-24(34-25)33-20-7-5-16(6-8-20)19-14-31-32-15-19/h3-12,14-15,23H,13H2,1-2H3,(H,31,32)(H,30,33,34). The predicted molar refractivity (Wildman–Crippen MR) is 137 cm³/mol. The van der Waals surface area contributed by atoms with Crippen LogP contribution in [0.1, 0.15) is 16.9 Å². The zero-order valence-electron chi connectivity index (χ0n) is 20.1. The van der Waals surface area contributed by atoms with Crippen molar-refractivity contribution < 1.29 is 13.6 Å². The molecule has 1 aliphatic rings. The molecule has 6 rings (SSSR count). The Balaban J connectivity index is 1.24. The summed E-state index contributed by atoms with van der Waals surface area (Å²) in [6.07, 6.45) is 5.00. The van der Waals surface area contributed by atoms with Gasteiger partial charge in [0.15, 0.2) is 5.82 Å². The van der Waals surface area contributed by atoms with Gasteiger partial charge in [-0.05, 0) is 35.9 Å². The summed E-state index contributed by atoms with van der Waals surface area (Å²) in [5, 5.41) is 10.9. The number of rotatable bonds is 6. The van der Waals surface area contributed by atoms with Crippen LogP contribution in [-0.2, 0) is 7.05 Å². The smallest absolute Gasteiger partial charge is 0.270 e. The molecule has 1 aliphatic carbocycles. The van der Waals surface area contributed by atoms with Crippen LogP contribution in [0.3, 0.4) is 0 Å². The van der Waals surface area contributed by atoms with E-state index in [2.05, 4.69) is 25.5 Å². The summed E-state index contributed by atoms with van der Waals surface area (Å²) in [5.74, 6) is -2.08. The van der Waals surface area contributed by atoms with E-state index >= 15 is 0 Å². The number of hydrogen-bond donors (Lipinski definition) is 2. The van der Waals surface area contributed by atoms with Gasteiger partial charge in [0.05, 0.1) is 6.20 Å². The van der Waals surface area contributed by atoms with E-state index < -0.39 is 17.9 Å². The fourth-order valence-corrected chi connectivity index (χ4v) is 4.49. The molecule has 8 nitrogen and oxygen atoms in total. The van der Waals surface area contributed by atoms with Gasteiger partial charge >= 0.3 is 0 Å². The van der Waals surface area contributed by atoms with Crippen LogP contribution >= 0.6 is 0 Å². The number of halogens is 2. The quantitative estimate of drug-likeness (QED) is 0.333. The number of carbonyl (C=O) groups excluding carboxylic acids is 1. The number of nitrogens with one attached hydrogen (secondary N) is 2. The van der Waals surface area contributed by atoms with Crippen LogP contribution in [0.25, 0.3) is 33.4 Å². The lowest BCUT2D eigenvalue weighted by atomic mass is 10.1. The number of benzene rings is 2. The van der Waals surface area contributed by atoms with Gasteiger partial charge in [-0.15, -0.1) is 0 Å². The second-order valence-corrected chi connectivity index (χ2v) is 9.21. The van der Waals surface area contributed by atoms with Crippen LogP contribution < -0.4 is 5.32 Å². The fourth-order valence-electron chi connectivity index (χ4n) is 4.49. The zero-order chi connectivity index (χ0) is 25.7. The lowest BCUT2D eigenvalue weighted by molar-refractivity contribution is 0.0571. The molecule has 0 aliphatic heterocycles. The van der Waals surface area contributed by atoms with E-state index in [1.807, 2.05) is 48.7 Å². The normalized spacial score (nSPS) is 16.1. The lowest BCUT2D eigenvalue weighted by Crippen LogP contribution is -2.33. The lowest BCUT2D eigenvalue weighted by Gasteiger charge is -2.17.